The Bertz CT molecular complexity index is 668. The third-order valence-corrected chi connectivity index (χ3v) is 2.95. The molecule has 1 unspecified atom stereocenters. The molecule has 0 radical (unpaired) electrons. The van der Waals surface area contributed by atoms with E-state index >= 15 is 0 Å². The standard InChI is InChI=1S/C16H12FN3/c17-14-7-4-8-16(13(14)11-19)20-15(9-10-18)12-5-2-1-3-6-12/h1-8,15,20H,9H2. The van der Waals surface area contributed by atoms with Crippen LogP contribution in [0.3, 0.4) is 0 Å². The average molecular weight is 265 g/mol. The monoisotopic (exact) mass is 265 g/mol. The van der Waals surface area contributed by atoms with E-state index in [0.29, 0.717) is 5.69 Å². The Morgan fingerprint density at radius 1 is 1.05 bits per heavy atom. The van der Waals surface area contributed by atoms with Gasteiger partial charge in [0.1, 0.15) is 17.4 Å². The number of nitrogens with zero attached hydrogens (tertiary/aromatic N) is 2. The van der Waals surface area contributed by atoms with Crippen molar-refractivity contribution in [1.82, 2.24) is 0 Å². The lowest BCUT2D eigenvalue weighted by Crippen LogP contribution is -2.11. The summed E-state index contributed by atoms with van der Waals surface area (Å²) in [6.07, 6.45) is 0.228. The maximum atomic E-state index is 13.6. The zero-order valence-corrected chi connectivity index (χ0v) is 10.7. The van der Waals surface area contributed by atoms with Crippen molar-refractivity contribution < 1.29 is 4.39 Å². The SMILES string of the molecule is N#CCC(Nc1cccc(F)c1C#N)c1ccccc1. The number of hydrogen-bond acceptors (Lipinski definition) is 3. The normalized spacial score (nSPS) is 11.2. The van der Waals surface area contributed by atoms with Gasteiger partial charge in [0.15, 0.2) is 0 Å². The second-order valence-corrected chi connectivity index (χ2v) is 4.24. The molecule has 0 aliphatic heterocycles. The Labute approximate surface area is 116 Å². The fourth-order valence-corrected chi connectivity index (χ4v) is 1.97. The fraction of sp³-hybridized carbons (Fsp3) is 0.125. The van der Waals surface area contributed by atoms with E-state index in [0.717, 1.165) is 5.56 Å². The third kappa shape index (κ3) is 2.93. The quantitative estimate of drug-likeness (QED) is 0.915. The number of hydrogen-bond donors (Lipinski definition) is 1. The summed E-state index contributed by atoms with van der Waals surface area (Å²) < 4.78 is 13.6. The van der Waals surface area contributed by atoms with Crippen molar-refractivity contribution in [3.8, 4) is 12.1 Å². The van der Waals surface area contributed by atoms with Crippen molar-refractivity contribution >= 4 is 5.69 Å². The maximum Gasteiger partial charge on any atom is 0.143 e. The molecule has 0 aliphatic carbocycles. The topological polar surface area (TPSA) is 59.6 Å². The van der Waals surface area contributed by atoms with Crippen LogP contribution in [0, 0.1) is 28.5 Å². The van der Waals surface area contributed by atoms with Gasteiger partial charge in [-0.05, 0) is 17.7 Å². The molecule has 1 atom stereocenters. The summed E-state index contributed by atoms with van der Waals surface area (Å²) in [5, 5.41) is 21.0. The molecule has 2 aromatic rings. The van der Waals surface area contributed by atoms with Crippen LogP contribution < -0.4 is 5.32 Å². The van der Waals surface area contributed by atoms with Gasteiger partial charge in [0, 0.05) is 0 Å². The molecule has 20 heavy (non-hydrogen) atoms. The largest absolute Gasteiger partial charge is 0.376 e. The highest BCUT2D eigenvalue weighted by Crippen LogP contribution is 2.25. The van der Waals surface area contributed by atoms with Crippen LogP contribution in [-0.2, 0) is 0 Å². The molecule has 0 spiro atoms. The molecule has 0 heterocycles. The second-order valence-electron chi connectivity index (χ2n) is 4.24. The van der Waals surface area contributed by atoms with Crippen molar-refractivity contribution in [3.63, 3.8) is 0 Å². The van der Waals surface area contributed by atoms with E-state index < -0.39 is 5.82 Å². The predicted molar refractivity (Wildman–Crippen MR) is 74.2 cm³/mol. The number of halogens is 1. The van der Waals surface area contributed by atoms with Gasteiger partial charge in [-0.15, -0.1) is 0 Å². The van der Waals surface area contributed by atoms with Gasteiger partial charge in [-0.3, -0.25) is 0 Å². The predicted octanol–water partition coefficient (Wildman–Crippen LogP) is 3.76. The van der Waals surface area contributed by atoms with Gasteiger partial charge in [0.05, 0.1) is 24.2 Å². The molecule has 0 fully saturated rings. The van der Waals surface area contributed by atoms with Crippen LogP contribution in [0.15, 0.2) is 48.5 Å². The summed E-state index contributed by atoms with van der Waals surface area (Å²) in [5.74, 6) is -0.568. The van der Waals surface area contributed by atoms with Crippen molar-refractivity contribution in [2.45, 2.75) is 12.5 Å². The van der Waals surface area contributed by atoms with Crippen LogP contribution >= 0.6 is 0 Å². The molecular formula is C16H12FN3. The van der Waals surface area contributed by atoms with Crippen molar-refractivity contribution in [2.75, 3.05) is 5.32 Å². The smallest absolute Gasteiger partial charge is 0.143 e. The molecule has 0 bridgehead atoms. The first-order valence-electron chi connectivity index (χ1n) is 6.13. The van der Waals surface area contributed by atoms with E-state index in [4.69, 9.17) is 10.5 Å². The van der Waals surface area contributed by atoms with E-state index in [1.807, 2.05) is 36.4 Å². The molecule has 0 saturated carbocycles. The zero-order chi connectivity index (χ0) is 14.4. The molecule has 2 rings (SSSR count). The number of rotatable bonds is 4. The second kappa shape index (κ2) is 6.36. The maximum absolute atomic E-state index is 13.6. The molecule has 0 saturated heterocycles. The third-order valence-electron chi connectivity index (χ3n) is 2.95. The Balaban J connectivity index is 2.33. The molecule has 0 aromatic heterocycles. The summed E-state index contributed by atoms with van der Waals surface area (Å²) in [6, 6.07) is 17.5. The molecule has 2 aromatic carbocycles. The van der Waals surface area contributed by atoms with Crippen molar-refractivity contribution in [1.29, 1.82) is 10.5 Å². The summed E-state index contributed by atoms with van der Waals surface area (Å²) in [7, 11) is 0. The number of nitrogens with one attached hydrogen (secondary N) is 1. The highest BCUT2D eigenvalue weighted by molar-refractivity contribution is 5.59. The van der Waals surface area contributed by atoms with Crippen molar-refractivity contribution in [2.24, 2.45) is 0 Å². The molecule has 98 valence electrons. The highest BCUT2D eigenvalue weighted by atomic mass is 19.1. The minimum atomic E-state index is -0.568. The number of anilines is 1. The van der Waals surface area contributed by atoms with E-state index in [1.54, 1.807) is 6.07 Å². The van der Waals surface area contributed by atoms with Crippen molar-refractivity contribution in [3.05, 3.63) is 65.5 Å². The Morgan fingerprint density at radius 2 is 1.80 bits per heavy atom. The van der Waals surface area contributed by atoms with Crippen LogP contribution in [0.25, 0.3) is 0 Å². The molecule has 4 heteroatoms. The number of benzene rings is 2. The van der Waals surface area contributed by atoms with E-state index in [1.165, 1.54) is 12.1 Å². The van der Waals surface area contributed by atoms with E-state index in [9.17, 15) is 4.39 Å². The molecule has 3 nitrogen and oxygen atoms in total. The van der Waals surface area contributed by atoms with Crippen LogP contribution in [0.2, 0.25) is 0 Å². The Hall–Kier alpha value is -2.85. The van der Waals surface area contributed by atoms with Crippen LogP contribution in [0.1, 0.15) is 23.6 Å². The average Bonchev–Trinajstić information content (AvgIpc) is 2.48. The summed E-state index contributed by atoms with van der Waals surface area (Å²) in [6.45, 7) is 0. The number of nitriles is 2. The van der Waals surface area contributed by atoms with E-state index in [-0.39, 0.29) is 18.0 Å². The lowest BCUT2D eigenvalue weighted by atomic mass is 10.0. The molecule has 1 N–H and O–H groups in total. The van der Waals surface area contributed by atoms with Gasteiger partial charge in [-0.25, -0.2) is 4.39 Å². The van der Waals surface area contributed by atoms with Gasteiger partial charge in [-0.1, -0.05) is 36.4 Å². The van der Waals surface area contributed by atoms with Gasteiger partial charge >= 0.3 is 0 Å². The minimum Gasteiger partial charge on any atom is -0.376 e. The van der Waals surface area contributed by atoms with Gasteiger partial charge in [0.2, 0.25) is 0 Å². The first-order chi connectivity index (χ1) is 9.76. The van der Waals surface area contributed by atoms with Crippen LogP contribution in [0.5, 0.6) is 0 Å². The highest BCUT2D eigenvalue weighted by Gasteiger charge is 2.14. The van der Waals surface area contributed by atoms with Crippen LogP contribution in [0.4, 0.5) is 10.1 Å². The zero-order valence-electron chi connectivity index (χ0n) is 10.7. The Morgan fingerprint density at radius 3 is 2.45 bits per heavy atom. The molecule has 0 aliphatic rings. The van der Waals surface area contributed by atoms with Gasteiger partial charge in [0.25, 0.3) is 0 Å². The van der Waals surface area contributed by atoms with Crippen LogP contribution in [-0.4, -0.2) is 0 Å². The minimum absolute atomic E-state index is 0.0358. The summed E-state index contributed by atoms with van der Waals surface area (Å²) >= 11 is 0. The lowest BCUT2D eigenvalue weighted by Gasteiger charge is -2.18. The van der Waals surface area contributed by atoms with Gasteiger partial charge < -0.3 is 5.32 Å². The molecular weight excluding hydrogens is 253 g/mol. The fourth-order valence-electron chi connectivity index (χ4n) is 1.97. The molecule has 0 amide bonds. The van der Waals surface area contributed by atoms with Gasteiger partial charge in [-0.2, -0.15) is 10.5 Å². The summed E-state index contributed by atoms with van der Waals surface area (Å²) in [5.41, 5.74) is 1.28. The Kier molecular flexibility index (Phi) is 4.32. The van der Waals surface area contributed by atoms with E-state index in [2.05, 4.69) is 11.4 Å². The lowest BCUT2D eigenvalue weighted by molar-refractivity contribution is 0.624. The first-order valence-corrected chi connectivity index (χ1v) is 6.13. The summed E-state index contributed by atoms with van der Waals surface area (Å²) in [4.78, 5) is 0. The first kappa shape index (κ1) is 13.6.